The second kappa shape index (κ2) is 2.30. The van der Waals surface area contributed by atoms with Crippen LogP contribution in [0.5, 0.6) is 0 Å². The first kappa shape index (κ1) is 7.28. The number of halogens is 1. The molecule has 0 unspecified atom stereocenters. The Hall–Kier alpha value is -1.38. The second-order valence-corrected chi connectivity index (χ2v) is 2.93. The van der Waals surface area contributed by atoms with E-state index < -0.39 is 5.82 Å². The first-order valence-corrected chi connectivity index (χ1v) is 3.80. The fourth-order valence-corrected chi connectivity index (χ4v) is 1.52. The summed E-state index contributed by atoms with van der Waals surface area (Å²) in [7, 11) is 0. The van der Waals surface area contributed by atoms with Crippen LogP contribution in [0.15, 0.2) is 12.1 Å². The highest BCUT2D eigenvalue weighted by atomic mass is 19.1. The SMILES string of the molecule is Nc1ccc2c(c1F)C(=O)CC2. The lowest BCUT2D eigenvalue weighted by molar-refractivity contribution is 0.0991. The van der Waals surface area contributed by atoms with Gasteiger partial charge in [-0.15, -0.1) is 0 Å². The highest BCUT2D eigenvalue weighted by molar-refractivity contribution is 6.01. The van der Waals surface area contributed by atoms with E-state index in [2.05, 4.69) is 0 Å². The number of carbonyl (C=O) groups excluding carboxylic acids is 1. The normalized spacial score (nSPS) is 14.9. The van der Waals surface area contributed by atoms with Gasteiger partial charge < -0.3 is 5.73 Å². The Kier molecular flexibility index (Phi) is 1.40. The topological polar surface area (TPSA) is 43.1 Å². The van der Waals surface area contributed by atoms with E-state index in [0.29, 0.717) is 12.8 Å². The maximum atomic E-state index is 13.2. The van der Waals surface area contributed by atoms with Gasteiger partial charge in [-0.2, -0.15) is 0 Å². The second-order valence-electron chi connectivity index (χ2n) is 2.93. The molecule has 1 aromatic rings. The Morgan fingerprint density at radius 2 is 2.08 bits per heavy atom. The number of nitrogens with two attached hydrogens (primary N) is 1. The molecule has 12 heavy (non-hydrogen) atoms. The Morgan fingerprint density at radius 1 is 1.33 bits per heavy atom. The minimum absolute atomic E-state index is 0.0593. The average molecular weight is 165 g/mol. The van der Waals surface area contributed by atoms with E-state index in [1.807, 2.05) is 0 Å². The van der Waals surface area contributed by atoms with Crippen LogP contribution in [-0.2, 0) is 6.42 Å². The summed E-state index contributed by atoms with van der Waals surface area (Å²) in [5.41, 5.74) is 6.37. The lowest BCUT2D eigenvalue weighted by Crippen LogP contribution is -2.00. The van der Waals surface area contributed by atoms with Crippen LogP contribution in [0.4, 0.5) is 10.1 Å². The number of benzene rings is 1. The van der Waals surface area contributed by atoms with Crippen molar-refractivity contribution in [2.75, 3.05) is 5.73 Å². The molecule has 0 fully saturated rings. The lowest BCUT2D eigenvalue weighted by Gasteiger charge is -2.01. The fourth-order valence-electron chi connectivity index (χ4n) is 1.52. The largest absolute Gasteiger partial charge is 0.396 e. The van der Waals surface area contributed by atoms with Gasteiger partial charge in [-0.25, -0.2) is 4.39 Å². The van der Waals surface area contributed by atoms with Crippen LogP contribution in [0, 0.1) is 5.82 Å². The molecule has 0 amide bonds. The zero-order valence-electron chi connectivity index (χ0n) is 6.43. The van der Waals surface area contributed by atoms with Crippen LogP contribution >= 0.6 is 0 Å². The molecule has 0 bridgehead atoms. The summed E-state index contributed by atoms with van der Waals surface area (Å²) in [4.78, 5) is 11.1. The summed E-state index contributed by atoms with van der Waals surface area (Å²) in [5, 5.41) is 0. The standard InChI is InChI=1S/C9H8FNO/c10-9-6(11)3-1-5-2-4-7(12)8(5)9/h1,3H,2,4,11H2. The Morgan fingerprint density at radius 3 is 2.83 bits per heavy atom. The molecular weight excluding hydrogens is 157 g/mol. The minimum atomic E-state index is -0.546. The quantitative estimate of drug-likeness (QED) is 0.592. The Bertz CT molecular complexity index is 360. The predicted molar refractivity (Wildman–Crippen MR) is 43.5 cm³/mol. The smallest absolute Gasteiger partial charge is 0.166 e. The van der Waals surface area contributed by atoms with Crippen molar-refractivity contribution in [1.29, 1.82) is 0 Å². The number of Topliss-reactive ketones (excluding diaryl/α,β-unsaturated/α-hetero) is 1. The van der Waals surface area contributed by atoms with Crippen LogP contribution in [-0.4, -0.2) is 5.78 Å². The summed E-state index contributed by atoms with van der Waals surface area (Å²) in [6.07, 6.45) is 1.06. The van der Waals surface area contributed by atoms with E-state index in [0.717, 1.165) is 5.56 Å². The molecule has 1 aliphatic rings. The molecule has 1 aromatic carbocycles. The van der Waals surface area contributed by atoms with E-state index in [9.17, 15) is 9.18 Å². The van der Waals surface area contributed by atoms with Gasteiger partial charge in [0.1, 0.15) is 0 Å². The highest BCUT2D eigenvalue weighted by Gasteiger charge is 2.24. The number of aryl methyl sites for hydroxylation is 1. The van der Waals surface area contributed by atoms with E-state index in [4.69, 9.17) is 5.73 Å². The number of nitrogen functional groups attached to an aromatic ring is 1. The first-order valence-electron chi connectivity index (χ1n) is 3.80. The van der Waals surface area contributed by atoms with Crippen LogP contribution in [0.25, 0.3) is 0 Å². The third kappa shape index (κ3) is 0.826. The molecule has 0 radical (unpaired) electrons. The summed E-state index contributed by atoms with van der Waals surface area (Å²) in [6.45, 7) is 0. The van der Waals surface area contributed by atoms with Crippen molar-refractivity contribution in [3.8, 4) is 0 Å². The third-order valence-corrected chi connectivity index (χ3v) is 2.16. The molecule has 3 heteroatoms. The van der Waals surface area contributed by atoms with Gasteiger partial charge in [-0.3, -0.25) is 4.79 Å². The predicted octanol–water partition coefficient (Wildman–Crippen LogP) is 1.54. The minimum Gasteiger partial charge on any atom is -0.396 e. The molecule has 0 aliphatic heterocycles. The molecule has 0 aromatic heterocycles. The molecule has 2 rings (SSSR count). The fraction of sp³-hybridized carbons (Fsp3) is 0.222. The summed E-state index contributed by atoms with van der Waals surface area (Å²) in [5.74, 6) is -0.676. The van der Waals surface area contributed by atoms with Crippen LogP contribution in [0.3, 0.4) is 0 Å². The maximum Gasteiger partial charge on any atom is 0.166 e. The van der Waals surface area contributed by atoms with Crippen molar-refractivity contribution in [3.63, 3.8) is 0 Å². The van der Waals surface area contributed by atoms with Crippen molar-refractivity contribution in [2.45, 2.75) is 12.8 Å². The molecular formula is C9H8FNO. The van der Waals surface area contributed by atoms with Crippen molar-refractivity contribution in [2.24, 2.45) is 0 Å². The summed E-state index contributed by atoms with van der Waals surface area (Å²) >= 11 is 0. The molecule has 1 aliphatic carbocycles. The monoisotopic (exact) mass is 165 g/mol. The van der Waals surface area contributed by atoms with Gasteiger partial charge in [0.15, 0.2) is 11.6 Å². The number of rotatable bonds is 0. The average Bonchev–Trinajstić information content (AvgIpc) is 2.41. The zero-order valence-corrected chi connectivity index (χ0v) is 6.43. The van der Waals surface area contributed by atoms with Crippen LogP contribution in [0.1, 0.15) is 22.3 Å². The van der Waals surface area contributed by atoms with Gasteiger partial charge in [0.2, 0.25) is 0 Å². The molecule has 2 nitrogen and oxygen atoms in total. The van der Waals surface area contributed by atoms with Crippen molar-refractivity contribution < 1.29 is 9.18 Å². The van der Waals surface area contributed by atoms with E-state index in [-0.39, 0.29) is 17.0 Å². The lowest BCUT2D eigenvalue weighted by atomic mass is 10.1. The molecule has 0 atom stereocenters. The summed E-state index contributed by atoms with van der Waals surface area (Å²) in [6, 6.07) is 3.23. The molecule has 0 saturated carbocycles. The van der Waals surface area contributed by atoms with Gasteiger partial charge >= 0.3 is 0 Å². The Balaban J connectivity index is 2.71. The van der Waals surface area contributed by atoms with Crippen LogP contribution < -0.4 is 5.73 Å². The number of hydrogen-bond acceptors (Lipinski definition) is 2. The van der Waals surface area contributed by atoms with Crippen LogP contribution in [0.2, 0.25) is 0 Å². The molecule has 0 heterocycles. The number of hydrogen-bond donors (Lipinski definition) is 1. The third-order valence-electron chi connectivity index (χ3n) is 2.16. The zero-order chi connectivity index (χ0) is 8.72. The van der Waals surface area contributed by atoms with Crippen molar-refractivity contribution in [3.05, 3.63) is 29.1 Å². The van der Waals surface area contributed by atoms with Gasteiger partial charge in [0, 0.05) is 6.42 Å². The number of fused-ring (bicyclic) bond motifs is 1. The highest BCUT2D eigenvalue weighted by Crippen LogP contribution is 2.27. The molecule has 2 N–H and O–H groups in total. The van der Waals surface area contributed by atoms with Gasteiger partial charge in [-0.05, 0) is 18.1 Å². The summed E-state index contributed by atoms with van der Waals surface area (Å²) < 4.78 is 13.2. The van der Waals surface area contributed by atoms with Gasteiger partial charge in [-0.1, -0.05) is 6.07 Å². The number of carbonyl (C=O) groups is 1. The maximum absolute atomic E-state index is 13.2. The van der Waals surface area contributed by atoms with Gasteiger partial charge in [0.25, 0.3) is 0 Å². The van der Waals surface area contributed by atoms with E-state index >= 15 is 0 Å². The molecule has 0 saturated heterocycles. The molecule has 62 valence electrons. The number of ketones is 1. The first-order chi connectivity index (χ1) is 5.70. The Labute approximate surface area is 69.2 Å². The van der Waals surface area contributed by atoms with Crippen molar-refractivity contribution in [1.82, 2.24) is 0 Å². The van der Waals surface area contributed by atoms with E-state index in [1.54, 1.807) is 6.07 Å². The van der Waals surface area contributed by atoms with Gasteiger partial charge in [0.05, 0.1) is 11.3 Å². The van der Waals surface area contributed by atoms with Crippen molar-refractivity contribution >= 4 is 11.5 Å². The molecule has 0 spiro atoms. The van der Waals surface area contributed by atoms with E-state index in [1.165, 1.54) is 6.07 Å². The number of anilines is 1.